The van der Waals surface area contributed by atoms with Crippen LogP contribution in [-0.2, 0) is 47.9 Å². The predicted molar refractivity (Wildman–Crippen MR) is 131 cm³/mol. The highest BCUT2D eigenvalue weighted by molar-refractivity contribution is 5.80. The number of hydrogen-bond acceptors (Lipinski definition) is 14. The molecule has 0 rings (SSSR count). The first kappa shape index (κ1) is 38.1. The van der Waals surface area contributed by atoms with E-state index in [-0.39, 0.29) is 0 Å². The lowest BCUT2D eigenvalue weighted by Crippen LogP contribution is -2.57. The van der Waals surface area contributed by atoms with Crippen molar-refractivity contribution in [3.05, 3.63) is 0 Å². The SMILES string of the molecule is O=C(O)CN(CC(=O)O)CC(OC(=O)C(CN(CC(=O)O)CC(=O)O)N(CC(=O)O)CC(=O)O)N(CC(=O)O)CC(=O)O. The number of carboxylic acid groups (broad SMARTS) is 8. The number of hydrogen-bond donors (Lipinski definition) is 8. The van der Waals surface area contributed by atoms with Crippen molar-refractivity contribution in [2.24, 2.45) is 0 Å². The molecule has 0 saturated heterocycles. The summed E-state index contributed by atoms with van der Waals surface area (Å²) in [6.07, 6.45) is -2.08. The van der Waals surface area contributed by atoms with Crippen LogP contribution in [0.2, 0.25) is 0 Å². The average Bonchev–Trinajstić information content (AvgIpc) is 2.78. The lowest BCUT2D eigenvalue weighted by Gasteiger charge is -2.36. The van der Waals surface area contributed by atoms with Gasteiger partial charge in [-0.3, -0.25) is 57.9 Å². The number of carbonyl (C=O) groups is 9. The summed E-state index contributed by atoms with van der Waals surface area (Å²) in [5.41, 5.74) is 0. The first-order chi connectivity index (χ1) is 19.8. The highest BCUT2D eigenvalue weighted by atomic mass is 16.6. The Morgan fingerprint density at radius 3 is 1.00 bits per heavy atom. The van der Waals surface area contributed by atoms with E-state index < -0.39 is 131 Å². The van der Waals surface area contributed by atoms with E-state index in [1.807, 2.05) is 0 Å². The Kier molecular flexibility index (Phi) is 16.4. The smallest absolute Gasteiger partial charge is 0.326 e. The summed E-state index contributed by atoms with van der Waals surface area (Å²) in [6, 6.07) is -2.10. The number of nitrogens with zero attached hydrogens (tertiary/aromatic N) is 4. The van der Waals surface area contributed by atoms with Crippen LogP contribution in [0.15, 0.2) is 0 Å². The quantitative estimate of drug-likeness (QED) is 0.0367. The van der Waals surface area contributed by atoms with Crippen LogP contribution in [0.5, 0.6) is 0 Å². The highest BCUT2D eigenvalue weighted by Crippen LogP contribution is 2.12. The second-order valence-electron chi connectivity index (χ2n) is 8.71. The summed E-state index contributed by atoms with van der Waals surface area (Å²) in [7, 11) is 0. The molecule has 0 heterocycles. The molecule has 0 aliphatic carbocycles. The number of rotatable bonds is 24. The van der Waals surface area contributed by atoms with E-state index in [1.54, 1.807) is 0 Å². The summed E-state index contributed by atoms with van der Waals surface area (Å²) >= 11 is 0. The molecule has 22 nitrogen and oxygen atoms in total. The Labute approximate surface area is 240 Å². The zero-order valence-electron chi connectivity index (χ0n) is 22.2. The van der Waals surface area contributed by atoms with Crippen LogP contribution in [0.3, 0.4) is 0 Å². The fraction of sp³-hybridized carbons (Fsp3) is 0.571. The number of ether oxygens (including phenoxy) is 1. The molecule has 0 spiro atoms. The van der Waals surface area contributed by atoms with Gasteiger partial charge in [0.2, 0.25) is 0 Å². The molecule has 2 atom stereocenters. The largest absolute Gasteiger partial charge is 0.480 e. The summed E-state index contributed by atoms with van der Waals surface area (Å²) < 4.78 is 5.21. The maximum Gasteiger partial charge on any atom is 0.326 e. The molecule has 0 aliphatic rings. The topological polar surface area (TPSA) is 338 Å². The van der Waals surface area contributed by atoms with Crippen LogP contribution < -0.4 is 0 Å². The van der Waals surface area contributed by atoms with Gasteiger partial charge in [0, 0.05) is 6.54 Å². The minimum absolute atomic E-state index is 0.436. The van der Waals surface area contributed by atoms with Gasteiger partial charge < -0.3 is 45.6 Å². The molecule has 0 fully saturated rings. The van der Waals surface area contributed by atoms with Crippen molar-refractivity contribution in [2.75, 3.05) is 65.4 Å². The predicted octanol–water partition coefficient (Wildman–Crippen LogP) is -4.89. The molecule has 8 N–H and O–H groups in total. The van der Waals surface area contributed by atoms with Gasteiger partial charge in [0.1, 0.15) is 19.1 Å². The molecule has 0 aromatic carbocycles. The van der Waals surface area contributed by atoms with Crippen molar-refractivity contribution in [1.82, 2.24) is 19.6 Å². The van der Waals surface area contributed by atoms with Crippen LogP contribution in [0, 0.1) is 0 Å². The van der Waals surface area contributed by atoms with Crippen molar-refractivity contribution in [2.45, 2.75) is 12.3 Å². The first-order valence-electron chi connectivity index (χ1n) is 11.7. The monoisotopic (exact) mass is 626 g/mol. The third-order valence-electron chi connectivity index (χ3n) is 5.01. The third-order valence-corrected chi connectivity index (χ3v) is 5.01. The van der Waals surface area contributed by atoms with E-state index >= 15 is 0 Å². The van der Waals surface area contributed by atoms with Crippen molar-refractivity contribution >= 4 is 53.7 Å². The van der Waals surface area contributed by atoms with Crippen molar-refractivity contribution < 1.29 is 88.7 Å². The summed E-state index contributed by atoms with van der Waals surface area (Å²) in [5.74, 6) is -14.8. The van der Waals surface area contributed by atoms with Gasteiger partial charge in [0.25, 0.3) is 0 Å². The molecular weight excluding hydrogens is 596 g/mol. The summed E-state index contributed by atoms with van der Waals surface area (Å²) in [6.45, 7) is -10.9. The molecule has 0 aromatic heterocycles. The van der Waals surface area contributed by atoms with E-state index in [2.05, 4.69) is 0 Å². The minimum Gasteiger partial charge on any atom is -0.480 e. The first-order valence-corrected chi connectivity index (χ1v) is 11.7. The van der Waals surface area contributed by atoms with E-state index in [9.17, 15) is 63.6 Å². The van der Waals surface area contributed by atoms with Gasteiger partial charge in [-0.15, -0.1) is 0 Å². The van der Waals surface area contributed by atoms with Crippen molar-refractivity contribution in [3.8, 4) is 0 Å². The van der Waals surface area contributed by atoms with Crippen LogP contribution in [0.1, 0.15) is 0 Å². The molecular formula is C21H30N4O18. The fourth-order valence-electron chi connectivity index (χ4n) is 3.61. The second kappa shape index (κ2) is 18.5. The van der Waals surface area contributed by atoms with Gasteiger partial charge >= 0.3 is 53.7 Å². The number of carbonyl (C=O) groups excluding carboxylic acids is 1. The average molecular weight is 626 g/mol. The molecule has 0 aromatic rings. The maximum atomic E-state index is 13.4. The Hall–Kier alpha value is -4.93. The van der Waals surface area contributed by atoms with Crippen molar-refractivity contribution in [3.63, 3.8) is 0 Å². The van der Waals surface area contributed by atoms with Gasteiger partial charge in [-0.05, 0) is 0 Å². The Balaban J connectivity index is 6.85. The second-order valence-corrected chi connectivity index (χ2v) is 8.71. The minimum atomic E-state index is -2.10. The molecule has 43 heavy (non-hydrogen) atoms. The van der Waals surface area contributed by atoms with Gasteiger partial charge in [0.15, 0.2) is 6.23 Å². The Morgan fingerprint density at radius 1 is 0.419 bits per heavy atom. The number of esters is 1. The molecule has 0 bridgehead atoms. The fourth-order valence-corrected chi connectivity index (χ4v) is 3.61. The molecule has 242 valence electrons. The lowest BCUT2D eigenvalue weighted by atomic mass is 10.2. The maximum absolute atomic E-state index is 13.4. The molecule has 22 heteroatoms. The molecule has 2 unspecified atom stereocenters. The van der Waals surface area contributed by atoms with Gasteiger partial charge in [-0.2, -0.15) is 0 Å². The van der Waals surface area contributed by atoms with Crippen LogP contribution in [0.4, 0.5) is 0 Å². The third kappa shape index (κ3) is 17.5. The van der Waals surface area contributed by atoms with Crippen molar-refractivity contribution in [1.29, 1.82) is 0 Å². The van der Waals surface area contributed by atoms with Gasteiger partial charge in [0.05, 0.1) is 45.8 Å². The van der Waals surface area contributed by atoms with Crippen LogP contribution >= 0.6 is 0 Å². The molecule has 0 amide bonds. The zero-order chi connectivity index (χ0) is 33.4. The highest BCUT2D eigenvalue weighted by Gasteiger charge is 2.37. The van der Waals surface area contributed by atoms with E-state index in [4.69, 9.17) is 25.2 Å². The number of carboxylic acids is 8. The molecule has 0 aliphatic heterocycles. The van der Waals surface area contributed by atoms with Crippen LogP contribution in [-0.4, -0.2) is 192 Å². The van der Waals surface area contributed by atoms with Gasteiger partial charge in [-0.25, -0.2) is 4.90 Å². The normalized spacial score (nSPS) is 12.6. The number of aliphatic carboxylic acids is 8. The van der Waals surface area contributed by atoms with E-state index in [0.717, 1.165) is 0 Å². The molecule has 0 radical (unpaired) electrons. The Morgan fingerprint density at radius 2 is 0.698 bits per heavy atom. The standard InChI is InChI=1S/C21H30N4O18/c26-13(27)3-22(4-14(28)29)1-11(24(7-17(34)35)8-18(36)37)21(42)43-12(25(9-19(38)39)10-20(40)41)2-23(5-15(30)31)6-16(32)33/h11-12H,1-10H2,(H,26,27)(H,28,29)(H,30,31)(H,32,33)(H,34,35)(H,36,37)(H,38,39)(H,40,41). The molecule has 0 saturated carbocycles. The van der Waals surface area contributed by atoms with Crippen LogP contribution in [0.25, 0.3) is 0 Å². The summed E-state index contributed by atoms with van der Waals surface area (Å²) in [4.78, 5) is 106. The summed E-state index contributed by atoms with van der Waals surface area (Å²) in [5, 5.41) is 73.6. The van der Waals surface area contributed by atoms with Gasteiger partial charge in [-0.1, -0.05) is 0 Å². The lowest BCUT2D eigenvalue weighted by molar-refractivity contribution is -0.176. The van der Waals surface area contributed by atoms with E-state index in [0.29, 0.717) is 19.6 Å². The Bertz CT molecular complexity index is 1020. The van der Waals surface area contributed by atoms with E-state index in [1.165, 1.54) is 0 Å². The zero-order valence-corrected chi connectivity index (χ0v) is 22.2.